The molecule has 5 heteroatoms. The Morgan fingerprint density at radius 1 is 1.22 bits per heavy atom. The van der Waals surface area contributed by atoms with Crippen molar-refractivity contribution in [2.45, 2.75) is 26.3 Å². The zero-order chi connectivity index (χ0) is 13.6. The van der Waals surface area contributed by atoms with Gasteiger partial charge in [0.2, 0.25) is 10.0 Å². The van der Waals surface area contributed by atoms with Gasteiger partial charge in [0.15, 0.2) is 0 Å². The fraction of sp³-hybridized carbons (Fsp3) is 0.538. The predicted molar refractivity (Wildman–Crippen MR) is 72.8 cm³/mol. The molecule has 18 heavy (non-hydrogen) atoms. The van der Waals surface area contributed by atoms with E-state index in [0.717, 1.165) is 5.56 Å². The van der Waals surface area contributed by atoms with E-state index >= 15 is 0 Å². The van der Waals surface area contributed by atoms with Gasteiger partial charge in [-0.15, -0.1) is 0 Å². The first-order valence-corrected chi connectivity index (χ1v) is 7.73. The topological polar surface area (TPSA) is 66.4 Å². The standard InChI is InChI=1S/C13H21NO3S/c1-11(2)10-18(16,17)14-13(9-15)8-12-6-4-3-5-7-12/h3-7,11,13-15H,8-10H2,1-2H3/t13-/m0/s1. The summed E-state index contributed by atoms with van der Waals surface area (Å²) in [4.78, 5) is 0. The van der Waals surface area contributed by atoms with Crippen LogP contribution in [0.25, 0.3) is 0 Å². The van der Waals surface area contributed by atoms with E-state index in [4.69, 9.17) is 0 Å². The van der Waals surface area contributed by atoms with Crippen LogP contribution in [0.15, 0.2) is 30.3 Å². The predicted octanol–water partition coefficient (Wildman–Crippen LogP) is 1.17. The molecule has 1 atom stereocenters. The molecule has 1 aromatic carbocycles. The summed E-state index contributed by atoms with van der Waals surface area (Å²) in [5, 5.41) is 9.26. The lowest BCUT2D eigenvalue weighted by molar-refractivity contribution is 0.256. The lowest BCUT2D eigenvalue weighted by Crippen LogP contribution is -2.41. The van der Waals surface area contributed by atoms with E-state index in [1.165, 1.54) is 0 Å². The van der Waals surface area contributed by atoms with Crippen LogP contribution >= 0.6 is 0 Å². The second kappa shape index (κ2) is 6.87. The number of nitrogens with one attached hydrogen (secondary N) is 1. The number of aliphatic hydroxyl groups excluding tert-OH is 1. The molecule has 0 spiro atoms. The molecule has 0 aliphatic heterocycles. The fourth-order valence-corrected chi connectivity index (χ4v) is 3.42. The quantitative estimate of drug-likeness (QED) is 0.782. The van der Waals surface area contributed by atoms with E-state index in [0.29, 0.717) is 6.42 Å². The van der Waals surface area contributed by atoms with Gasteiger partial charge >= 0.3 is 0 Å². The maximum atomic E-state index is 11.8. The Hall–Kier alpha value is -0.910. The van der Waals surface area contributed by atoms with Crippen molar-refractivity contribution in [1.82, 2.24) is 4.72 Å². The SMILES string of the molecule is CC(C)CS(=O)(=O)N[C@H](CO)Cc1ccccc1. The Bertz CT molecular complexity index is 443. The molecule has 0 aliphatic carbocycles. The molecule has 0 aromatic heterocycles. The van der Waals surface area contributed by atoms with Gasteiger partial charge in [-0.2, -0.15) is 0 Å². The van der Waals surface area contributed by atoms with Gasteiger partial charge in [-0.3, -0.25) is 0 Å². The largest absolute Gasteiger partial charge is 0.395 e. The molecular weight excluding hydrogens is 250 g/mol. The summed E-state index contributed by atoms with van der Waals surface area (Å²) in [7, 11) is -3.32. The van der Waals surface area contributed by atoms with Crippen LogP contribution in [0.4, 0.5) is 0 Å². The summed E-state index contributed by atoms with van der Waals surface area (Å²) in [6.45, 7) is 3.50. The van der Waals surface area contributed by atoms with Crippen molar-refractivity contribution in [2.24, 2.45) is 5.92 Å². The van der Waals surface area contributed by atoms with Crippen LogP contribution < -0.4 is 4.72 Å². The first-order valence-electron chi connectivity index (χ1n) is 6.07. The number of hydrogen-bond acceptors (Lipinski definition) is 3. The number of hydrogen-bond donors (Lipinski definition) is 2. The summed E-state index contributed by atoms with van der Waals surface area (Å²) in [6.07, 6.45) is 0.495. The molecule has 0 radical (unpaired) electrons. The normalized spacial score (nSPS) is 13.8. The number of sulfonamides is 1. The van der Waals surface area contributed by atoms with Crippen molar-refractivity contribution < 1.29 is 13.5 Å². The zero-order valence-corrected chi connectivity index (χ0v) is 11.7. The zero-order valence-electron chi connectivity index (χ0n) is 10.8. The Morgan fingerprint density at radius 3 is 2.33 bits per heavy atom. The van der Waals surface area contributed by atoms with E-state index in [1.54, 1.807) is 0 Å². The maximum absolute atomic E-state index is 11.8. The molecule has 1 aromatic rings. The van der Waals surface area contributed by atoms with E-state index in [2.05, 4.69) is 4.72 Å². The van der Waals surface area contributed by atoms with Gasteiger partial charge < -0.3 is 5.11 Å². The number of benzene rings is 1. The van der Waals surface area contributed by atoms with Crippen LogP contribution in [0.5, 0.6) is 0 Å². The molecule has 1 rings (SSSR count). The number of rotatable bonds is 7. The Labute approximate surface area is 109 Å². The Morgan fingerprint density at radius 2 is 1.83 bits per heavy atom. The smallest absolute Gasteiger partial charge is 0.212 e. The van der Waals surface area contributed by atoms with Gasteiger partial charge in [-0.1, -0.05) is 44.2 Å². The van der Waals surface area contributed by atoms with Crippen molar-refractivity contribution in [1.29, 1.82) is 0 Å². The summed E-state index contributed by atoms with van der Waals surface area (Å²) in [5.74, 6) is 0.150. The first kappa shape index (κ1) is 15.1. The highest BCUT2D eigenvalue weighted by Gasteiger charge is 2.18. The van der Waals surface area contributed by atoms with Crippen LogP contribution in [-0.4, -0.2) is 31.9 Å². The second-order valence-corrected chi connectivity index (χ2v) is 6.66. The minimum Gasteiger partial charge on any atom is -0.395 e. The van der Waals surface area contributed by atoms with Crippen LogP contribution in [0, 0.1) is 5.92 Å². The van der Waals surface area contributed by atoms with Gasteiger partial charge in [0.1, 0.15) is 0 Å². The fourth-order valence-electron chi connectivity index (χ4n) is 1.78. The number of aliphatic hydroxyl groups is 1. The third kappa shape index (κ3) is 5.62. The highest BCUT2D eigenvalue weighted by Crippen LogP contribution is 2.05. The average Bonchev–Trinajstić information content (AvgIpc) is 2.27. The molecule has 0 saturated carbocycles. The van der Waals surface area contributed by atoms with Crippen molar-refractivity contribution in [3.8, 4) is 0 Å². The first-order chi connectivity index (χ1) is 8.43. The minimum absolute atomic E-state index is 0.0681. The van der Waals surface area contributed by atoms with Crippen molar-refractivity contribution in [3.63, 3.8) is 0 Å². The summed E-state index contributed by atoms with van der Waals surface area (Å²) >= 11 is 0. The summed E-state index contributed by atoms with van der Waals surface area (Å²) in [6, 6.07) is 9.06. The lowest BCUT2D eigenvalue weighted by atomic mass is 10.1. The van der Waals surface area contributed by atoms with Gasteiger partial charge in [0.25, 0.3) is 0 Å². The molecule has 0 aliphatic rings. The Balaban J connectivity index is 2.63. The van der Waals surface area contributed by atoms with E-state index in [1.807, 2.05) is 44.2 Å². The molecule has 4 nitrogen and oxygen atoms in total. The third-order valence-electron chi connectivity index (χ3n) is 2.44. The van der Waals surface area contributed by atoms with Crippen LogP contribution in [0.1, 0.15) is 19.4 Å². The van der Waals surface area contributed by atoms with E-state index in [-0.39, 0.29) is 18.3 Å². The monoisotopic (exact) mass is 271 g/mol. The third-order valence-corrected chi connectivity index (χ3v) is 4.24. The molecule has 0 saturated heterocycles. The van der Waals surface area contributed by atoms with Gasteiger partial charge in [-0.05, 0) is 17.9 Å². The molecule has 0 amide bonds. The van der Waals surface area contributed by atoms with Crippen molar-refractivity contribution >= 4 is 10.0 Å². The Kier molecular flexibility index (Phi) is 5.78. The highest BCUT2D eigenvalue weighted by atomic mass is 32.2. The van der Waals surface area contributed by atoms with E-state index < -0.39 is 16.1 Å². The maximum Gasteiger partial charge on any atom is 0.212 e. The lowest BCUT2D eigenvalue weighted by Gasteiger charge is -2.17. The second-order valence-electron chi connectivity index (χ2n) is 4.86. The molecule has 0 unspecified atom stereocenters. The highest BCUT2D eigenvalue weighted by molar-refractivity contribution is 7.89. The van der Waals surface area contributed by atoms with E-state index in [9.17, 15) is 13.5 Å². The molecular formula is C13H21NO3S. The molecule has 0 bridgehead atoms. The molecule has 2 N–H and O–H groups in total. The summed E-state index contributed by atoms with van der Waals surface area (Å²) in [5.41, 5.74) is 1.00. The molecule has 0 fully saturated rings. The van der Waals surface area contributed by atoms with Crippen molar-refractivity contribution in [3.05, 3.63) is 35.9 Å². The van der Waals surface area contributed by atoms with Crippen LogP contribution in [0.3, 0.4) is 0 Å². The van der Waals surface area contributed by atoms with Crippen LogP contribution in [-0.2, 0) is 16.4 Å². The minimum atomic E-state index is -3.32. The molecule has 0 heterocycles. The summed E-state index contributed by atoms with van der Waals surface area (Å²) < 4.78 is 26.1. The molecule has 102 valence electrons. The van der Waals surface area contributed by atoms with Crippen LogP contribution in [0.2, 0.25) is 0 Å². The van der Waals surface area contributed by atoms with Gasteiger partial charge in [0, 0.05) is 6.04 Å². The van der Waals surface area contributed by atoms with Gasteiger partial charge in [-0.25, -0.2) is 13.1 Å². The average molecular weight is 271 g/mol. The van der Waals surface area contributed by atoms with Crippen molar-refractivity contribution in [2.75, 3.05) is 12.4 Å². The van der Waals surface area contributed by atoms with Gasteiger partial charge in [0.05, 0.1) is 12.4 Å².